The van der Waals surface area contributed by atoms with Gasteiger partial charge in [-0.3, -0.25) is 4.79 Å². The Labute approximate surface area is 150 Å². The van der Waals surface area contributed by atoms with Crippen LogP contribution in [0.2, 0.25) is 0 Å². The highest BCUT2D eigenvalue weighted by molar-refractivity contribution is 5.76. The van der Waals surface area contributed by atoms with Gasteiger partial charge in [0.1, 0.15) is 17.6 Å². The van der Waals surface area contributed by atoms with Crippen LogP contribution in [0.15, 0.2) is 12.1 Å². The van der Waals surface area contributed by atoms with Gasteiger partial charge in [0.2, 0.25) is 5.91 Å². The molecule has 4 rings (SSSR count). The normalized spacial score (nSPS) is 29.4. The van der Waals surface area contributed by atoms with Crippen LogP contribution < -0.4 is 14.8 Å². The lowest BCUT2D eigenvalue weighted by atomic mass is 9.86. The predicted octanol–water partition coefficient (Wildman–Crippen LogP) is 3.85. The summed E-state index contributed by atoms with van der Waals surface area (Å²) in [7, 11) is 0. The van der Waals surface area contributed by atoms with E-state index in [1.165, 1.54) is 31.2 Å². The topological polar surface area (TPSA) is 47.6 Å². The fourth-order valence-electron chi connectivity index (χ4n) is 5.04. The molecule has 136 valence electrons. The van der Waals surface area contributed by atoms with Crippen LogP contribution in [0.25, 0.3) is 0 Å². The molecule has 4 atom stereocenters. The first-order valence-corrected chi connectivity index (χ1v) is 9.84. The van der Waals surface area contributed by atoms with Gasteiger partial charge in [-0.1, -0.05) is 6.42 Å². The van der Waals surface area contributed by atoms with E-state index < -0.39 is 0 Å². The van der Waals surface area contributed by atoms with Crippen molar-refractivity contribution in [2.45, 2.75) is 65.0 Å². The van der Waals surface area contributed by atoms with Gasteiger partial charge in [0, 0.05) is 30.5 Å². The minimum Gasteiger partial charge on any atom is -0.494 e. The number of fused-ring (bicyclic) bond motifs is 3. The number of rotatable bonds is 6. The molecule has 1 aromatic rings. The van der Waals surface area contributed by atoms with Gasteiger partial charge >= 0.3 is 0 Å². The third-order valence-corrected chi connectivity index (χ3v) is 6.19. The number of carbonyl (C=O) groups is 1. The first-order chi connectivity index (χ1) is 12.1. The van der Waals surface area contributed by atoms with E-state index in [0.717, 1.165) is 35.3 Å². The van der Waals surface area contributed by atoms with Crippen molar-refractivity contribution < 1.29 is 14.3 Å². The second-order valence-electron chi connectivity index (χ2n) is 8.05. The average molecular weight is 343 g/mol. The molecule has 1 aliphatic heterocycles. The zero-order valence-corrected chi connectivity index (χ0v) is 15.3. The van der Waals surface area contributed by atoms with Crippen molar-refractivity contribution in [1.29, 1.82) is 0 Å². The van der Waals surface area contributed by atoms with E-state index in [-0.39, 0.29) is 12.0 Å². The quantitative estimate of drug-likeness (QED) is 0.853. The molecule has 0 saturated heterocycles. The molecule has 1 N–H and O–H groups in total. The van der Waals surface area contributed by atoms with Crippen molar-refractivity contribution in [1.82, 2.24) is 5.32 Å². The standard InChI is InChI=1S/C21H29NO3/c1-3-24-19-9-17-6-13(2)25-20(17)10-18(19)12-22-21(23)11-16-8-14-4-5-15(16)7-14/h9-10,13-16H,3-8,11-12H2,1-2H3,(H,22,23)/t13-,14+,15-,16-/m1/s1. The number of ether oxygens (including phenoxy) is 2. The maximum absolute atomic E-state index is 12.4. The zero-order chi connectivity index (χ0) is 17.4. The molecule has 2 bridgehead atoms. The van der Waals surface area contributed by atoms with Crippen LogP contribution in [0, 0.1) is 17.8 Å². The van der Waals surface area contributed by atoms with Gasteiger partial charge in [-0.05, 0) is 63.0 Å². The molecule has 2 saturated carbocycles. The Kier molecular flexibility index (Phi) is 4.61. The summed E-state index contributed by atoms with van der Waals surface area (Å²) in [6.45, 7) is 5.21. The molecule has 0 unspecified atom stereocenters. The maximum Gasteiger partial charge on any atom is 0.220 e. The van der Waals surface area contributed by atoms with Gasteiger partial charge in [-0.2, -0.15) is 0 Å². The van der Waals surface area contributed by atoms with Gasteiger partial charge in [-0.15, -0.1) is 0 Å². The molecule has 1 aromatic carbocycles. The Bertz CT molecular complexity index is 657. The molecular formula is C21H29NO3. The van der Waals surface area contributed by atoms with Gasteiger partial charge < -0.3 is 14.8 Å². The van der Waals surface area contributed by atoms with Crippen molar-refractivity contribution in [3.63, 3.8) is 0 Å². The van der Waals surface area contributed by atoms with E-state index in [0.29, 0.717) is 25.5 Å². The Balaban J connectivity index is 1.38. The zero-order valence-electron chi connectivity index (χ0n) is 15.3. The van der Waals surface area contributed by atoms with E-state index in [9.17, 15) is 4.79 Å². The molecule has 25 heavy (non-hydrogen) atoms. The van der Waals surface area contributed by atoms with Crippen molar-refractivity contribution in [3.05, 3.63) is 23.3 Å². The minimum absolute atomic E-state index is 0.176. The molecule has 0 aromatic heterocycles. The summed E-state index contributed by atoms with van der Waals surface area (Å²) in [5, 5.41) is 3.11. The Hall–Kier alpha value is -1.71. The molecule has 4 heteroatoms. The summed E-state index contributed by atoms with van der Waals surface area (Å²) in [6.07, 6.45) is 7.15. The summed E-state index contributed by atoms with van der Waals surface area (Å²) in [5.74, 6) is 4.28. The summed E-state index contributed by atoms with van der Waals surface area (Å²) < 4.78 is 11.7. The number of amides is 1. The van der Waals surface area contributed by atoms with Crippen LogP contribution in [0.4, 0.5) is 0 Å². The van der Waals surface area contributed by atoms with Crippen LogP contribution >= 0.6 is 0 Å². The molecule has 3 aliphatic rings. The van der Waals surface area contributed by atoms with Crippen LogP contribution in [0.3, 0.4) is 0 Å². The number of carbonyl (C=O) groups excluding carboxylic acids is 1. The lowest BCUT2D eigenvalue weighted by Crippen LogP contribution is -2.27. The number of nitrogens with one attached hydrogen (secondary N) is 1. The van der Waals surface area contributed by atoms with E-state index in [4.69, 9.17) is 9.47 Å². The Morgan fingerprint density at radius 1 is 1.32 bits per heavy atom. The van der Waals surface area contributed by atoms with Crippen LogP contribution in [0.1, 0.15) is 57.1 Å². The smallest absolute Gasteiger partial charge is 0.220 e. The Morgan fingerprint density at radius 2 is 2.20 bits per heavy atom. The fraction of sp³-hybridized carbons (Fsp3) is 0.667. The van der Waals surface area contributed by atoms with Crippen molar-refractivity contribution in [3.8, 4) is 11.5 Å². The SMILES string of the molecule is CCOc1cc2c(cc1CNC(=O)C[C@H]1C[C@H]3CC[C@@H]1C3)O[C@H](C)C2. The highest BCUT2D eigenvalue weighted by Gasteiger charge is 2.40. The number of hydrogen-bond donors (Lipinski definition) is 1. The molecule has 2 aliphatic carbocycles. The molecule has 2 fully saturated rings. The third kappa shape index (κ3) is 3.49. The second-order valence-corrected chi connectivity index (χ2v) is 8.05. The van der Waals surface area contributed by atoms with Crippen LogP contribution in [0.5, 0.6) is 11.5 Å². The van der Waals surface area contributed by atoms with Crippen molar-refractivity contribution in [2.75, 3.05) is 6.61 Å². The summed E-state index contributed by atoms with van der Waals surface area (Å²) in [4.78, 5) is 12.4. The monoisotopic (exact) mass is 343 g/mol. The van der Waals surface area contributed by atoms with Gasteiger partial charge in [0.15, 0.2) is 0 Å². The lowest BCUT2D eigenvalue weighted by Gasteiger charge is -2.21. The summed E-state index contributed by atoms with van der Waals surface area (Å²) in [5.41, 5.74) is 2.21. The van der Waals surface area contributed by atoms with E-state index >= 15 is 0 Å². The second kappa shape index (κ2) is 6.89. The maximum atomic E-state index is 12.4. The van der Waals surface area contributed by atoms with E-state index in [1.807, 2.05) is 13.0 Å². The number of hydrogen-bond acceptors (Lipinski definition) is 3. The van der Waals surface area contributed by atoms with E-state index in [1.54, 1.807) is 0 Å². The average Bonchev–Trinajstić information content (AvgIpc) is 3.27. The summed E-state index contributed by atoms with van der Waals surface area (Å²) in [6, 6.07) is 4.13. The van der Waals surface area contributed by atoms with Crippen LogP contribution in [-0.2, 0) is 17.8 Å². The first-order valence-electron chi connectivity index (χ1n) is 9.84. The molecule has 1 heterocycles. The van der Waals surface area contributed by atoms with Crippen LogP contribution in [-0.4, -0.2) is 18.6 Å². The molecule has 4 nitrogen and oxygen atoms in total. The van der Waals surface area contributed by atoms with Gasteiger partial charge in [0.25, 0.3) is 0 Å². The molecular weight excluding hydrogens is 314 g/mol. The predicted molar refractivity (Wildman–Crippen MR) is 96.8 cm³/mol. The van der Waals surface area contributed by atoms with Crippen molar-refractivity contribution in [2.24, 2.45) is 17.8 Å². The Morgan fingerprint density at radius 3 is 2.92 bits per heavy atom. The summed E-state index contributed by atoms with van der Waals surface area (Å²) >= 11 is 0. The molecule has 0 radical (unpaired) electrons. The van der Waals surface area contributed by atoms with Gasteiger partial charge in [0.05, 0.1) is 6.61 Å². The minimum atomic E-state index is 0.176. The highest BCUT2D eigenvalue weighted by Crippen LogP contribution is 2.49. The highest BCUT2D eigenvalue weighted by atomic mass is 16.5. The number of benzene rings is 1. The molecule has 1 amide bonds. The first kappa shape index (κ1) is 16.7. The third-order valence-electron chi connectivity index (χ3n) is 6.19. The van der Waals surface area contributed by atoms with Gasteiger partial charge in [-0.25, -0.2) is 0 Å². The van der Waals surface area contributed by atoms with Crippen molar-refractivity contribution >= 4 is 5.91 Å². The largest absolute Gasteiger partial charge is 0.494 e. The van der Waals surface area contributed by atoms with E-state index in [2.05, 4.69) is 18.3 Å². The fourth-order valence-corrected chi connectivity index (χ4v) is 5.04. The molecule has 0 spiro atoms. The lowest BCUT2D eigenvalue weighted by molar-refractivity contribution is -0.122.